The van der Waals surface area contributed by atoms with Crippen molar-refractivity contribution in [2.45, 2.75) is 12.3 Å². The van der Waals surface area contributed by atoms with Crippen LogP contribution in [0.2, 0.25) is 4.34 Å². The zero-order valence-electron chi connectivity index (χ0n) is 7.49. The van der Waals surface area contributed by atoms with Crippen molar-refractivity contribution in [2.75, 3.05) is 14.2 Å². The number of methoxy groups -OCH3 is 2. The predicted molar refractivity (Wildman–Crippen MR) is 54.1 cm³/mol. The molecule has 0 radical (unpaired) electrons. The third-order valence-corrected chi connectivity index (χ3v) is 3.01. The molecule has 0 aliphatic rings. The molecule has 1 rings (SSSR count). The van der Waals surface area contributed by atoms with Crippen LogP contribution >= 0.6 is 22.9 Å². The maximum Gasteiger partial charge on any atom is 0.176 e. The summed E-state index contributed by atoms with van der Waals surface area (Å²) in [7, 11) is 3.12. The summed E-state index contributed by atoms with van der Waals surface area (Å²) in [5, 5.41) is 0. The van der Waals surface area contributed by atoms with Crippen LogP contribution in [0.3, 0.4) is 0 Å². The van der Waals surface area contributed by atoms with Crippen molar-refractivity contribution in [2.24, 2.45) is 5.73 Å². The Balaban J connectivity index is 2.71. The third-order valence-electron chi connectivity index (χ3n) is 1.68. The van der Waals surface area contributed by atoms with Gasteiger partial charge in [-0.2, -0.15) is 0 Å². The van der Waals surface area contributed by atoms with Gasteiger partial charge in [-0.25, -0.2) is 0 Å². The fourth-order valence-electron chi connectivity index (χ4n) is 1.03. The molecule has 0 saturated carbocycles. The molecule has 1 unspecified atom stereocenters. The van der Waals surface area contributed by atoms with Crippen LogP contribution in [0.4, 0.5) is 0 Å². The average Bonchev–Trinajstić information content (AvgIpc) is 2.54. The highest BCUT2D eigenvalue weighted by molar-refractivity contribution is 7.16. The lowest BCUT2D eigenvalue weighted by Gasteiger charge is -2.19. The minimum absolute atomic E-state index is 0.285. The van der Waals surface area contributed by atoms with E-state index in [-0.39, 0.29) is 6.04 Å². The first-order valence-electron chi connectivity index (χ1n) is 3.75. The zero-order chi connectivity index (χ0) is 9.84. The first kappa shape index (κ1) is 10.9. The smallest absolute Gasteiger partial charge is 0.176 e. The van der Waals surface area contributed by atoms with E-state index in [0.717, 1.165) is 9.21 Å². The lowest BCUT2D eigenvalue weighted by Crippen LogP contribution is -2.28. The largest absolute Gasteiger partial charge is 0.354 e. The summed E-state index contributed by atoms with van der Waals surface area (Å²) in [5.74, 6) is 0. The summed E-state index contributed by atoms with van der Waals surface area (Å²) in [6, 6.07) is 3.40. The van der Waals surface area contributed by atoms with Gasteiger partial charge in [-0.3, -0.25) is 0 Å². The van der Waals surface area contributed by atoms with Crippen molar-refractivity contribution < 1.29 is 9.47 Å². The second-order valence-electron chi connectivity index (χ2n) is 2.51. The fraction of sp³-hybridized carbons (Fsp3) is 0.500. The number of halogens is 1. The Hall–Kier alpha value is -0.130. The molecule has 2 N–H and O–H groups in total. The van der Waals surface area contributed by atoms with Crippen molar-refractivity contribution in [1.29, 1.82) is 0 Å². The lowest BCUT2D eigenvalue weighted by atomic mass is 10.2. The number of ether oxygens (including phenoxy) is 2. The normalized spacial score (nSPS) is 13.6. The van der Waals surface area contributed by atoms with E-state index in [9.17, 15) is 0 Å². The Kier molecular flexibility index (Phi) is 4.15. The first-order valence-corrected chi connectivity index (χ1v) is 4.95. The molecule has 13 heavy (non-hydrogen) atoms. The average molecular weight is 222 g/mol. The number of rotatable bonds is 4. The van der Waals surface area contributed by atoms with Crippen molar-refractivity contribution in [3.63, 3.8) is 0 Å². The fourth-order valence-corrected chi connectivity index (χ4v) is 2.11. The van der Waals surface area contributed by atoms with Crippen LogP contribution < -0.4 is 5.73 Å². The maximum absolute atomic E-state index is 5.88. The lowest BCUT2D eigenvalue weighted by molar-refractivity contribution is -0.116. The maximum atomic E-state index is 5.88. The van der Waals surface area contributed by atoms with Crippen LogP contribution in [0.1, 0.15) is 10.9 Å². The molecular formula is C8H12ClNO2S. The summed E-state index contributed by atoms with van der Waals surface area (Å²) in [5.41, 5.74) is 5.88. The topological polar surface area (TPSA) is 44.5 Å². The molecule has 1 atom stereocenters. The minimum Gasteiger partial charge on any atom is -0.354 e. The van der Waals surface area contributed by atoms with Crippen LogP contribution in [-0.2, 0) is 9.47 Å². The number of thiophene rings is 1. The van der Waals surface area contributed by atoms with Gasteiger partial charge >= 0.3 is 0 Å². The van der Waals surface area contributed by atoms with E-state index in [1.807, 2.05) is 12.1 Å². The summed E-state index contributed by atoms with van der Waals surface area (Å²) < 4.78 is 10.8. The molecule has 0 aromatic carbocycles. The van der Waals surface area contributed by atoms with E-state index in [4.69, 9.17) is 26.8 Å². The number of nitrogens with two attached hydrogens (primary N) is 1. The van der Waals surface area contributed by atoms with Gasteiger partial charge in [-0.15, -0.1) is 11.3 Å². The van der Waals surface area contributed by atoms with Crippen LogP contribution in [0.5, 0.6) is 0 Å². The van der Waals surface area contributed by atoms with E-state index in [0.29, 0.717) is 0 Å². The quantitative estimate of drug-likeness (QED) is 0.792. The van der Waals surface area contributed by atoms with Gasteiger partial charge in [0.1, 0.15) is 0 Å². The Morgan fingerprint density at radius 3 is 2.38 bits per heavy atom. The standard InChI is InChI=1S/C8H12ClNO2S/c1-11-8(12-2)7(10)5-3-4-6(9)13-5/h3-4,7-8H,10H2,1-2H3. The molecule has 0 spiro atoms. The summed E-state index contributed by atoms with van der Waals surface area (Å²) in [6.45, 7) is 0. The molecule has 0 aliphatic carbocycles. The molecule has 0 aliphatic heterocycles. The third kappa shape index (κ3) is 2.65. The molecule has 0 bridgehead atoms. The SMILES string of the molecule is COC(OC)C(N)c1ccc(Cl)s1. The van der Waals surface area contributed by atoms with Gasteiger partial charge in [0.15, 0.2) is 6.29 Å². The summed E-state index contributed by atoms with van der Waals surface area (Å²) in [6.07, 6.45) is -0.422. The van der Waals surface area contributed by atoms with Gasteiger partial charge in [-0.05, 0) is 12.1 Å². The van der Waals surface area contributed by atoms with Crippen LogP contribution in [0.15, 0.2) is 12.1 Å². The molecule has 0 amide bonds. The van der Waals surface area contributed by atoms with Gasteiger partial charge in [0, 0.05) is 19.1 Å². The van der Waals surface area contributed by atoms with Crippen molar-refractivity contribution in [3.8, 4) is 0 Å². The molecule has 1 aromatic rings. The number of hydrogen-bond donors (Lipinski definition) is 1. The highest BCUT2D eigenvalue weighted by atomic mass is 35.5. The molecule has 3 nitrogen and oxygen atoms in total. The molecule has 1 heterocycles. The van der Waals surface area contributed by atoms with Gasteiger partial charge in [0.05, 0.1) is 10.4 Å². The summed E-state index contributed by atoms with van der Waals surface area (Å²) in [4.78, 5) is 0.957. The first-order chi connectivity index (χ1) is 6.19. The van der Waals surface area contributed by atoms with Crippen molar-refractivity contribution in [3.05, 3.63) is 21.3 Å². The minimum atomic E-state index is -0.422. The van der Waals surface area contributed by atoms with Crippen molar-refractivity contribution >= 4 is 22.9 Å². The Morgan fingerprint density at radius 1 is 1.38 bits per heavy atom. The Labute approximate surface area is 86.4 Å². The Morgan fingerprint density at radius 2 is 2.00 bits per heavy atom. The summed E-state index contributed by atoms with van der Waals surface area (Å²) >= 11 is 7.21. The Bertz CT molecular complexity index is 262. The van der Waals surface area contributed by atoms with Gasteiger partial charge in [-0.1, -0.05) is 11.6 Å². The zero-order valence-corrected chi connectivity index (χ0v) is 9.06. The van der Waals surface area contributed by atoms with E-state index in [2.05, 4.69) is 0 Å². The van der Waals surface area contributed by atoms with Crippen molar-refractivity contribution in [1.82, 2.24) is 0 Å². The monoisotopic (exact) mass is 221 g/mol. The molecule has 5 heteroatoms. The highest BCUT2D eigenvalue weighted by Crippen LogP contribution is 2.28. The molecule has 74 valence electrons. The van der Waals surface area contributed by atoms with Gasteiger partial charge < -0.3 is 15.2 Å². The van der Waals surface area contributed by atoms with E-state index in [1.54, 1.807) is 14.2 Å². The van der Waals surface area contributed by atoms with Gasteiger partial charge in [0.2, 0.25) is 0 Å². The van der Waals surface area contributed by atoms with E-state index < -0.39 is 6.29 Å². The van der Waals surface area contributed by atoms with Crippen LogP contribution in [0, 0.1) is 0 Å². The second kappa shape index (κ2) is 4.93. The highest BCUT2D eigenvalue weighted by Gasteiger charge is 2.19. The second-order valence-corrected chi connectivity index (χ2v) is 4.25. The van der Waals surface area contributed by atoms with E-state index in [1.165, 1.54) is 11.3 Å². The molecule has 0 saturated heterocycles. The van der Waals surface area contributed by atoms with Crippen LogP contribution in [-0.4, -0.2) is 20.5 Å². The molecular weight excluding hydrogens is 210 g/mol. The van der Waals surface area contributed by atoms with Gasteiger partial charge in [0.25, 0.3) is 0 Å². The van der Waals surface area contributed by atoms with E-state index >= 15 is 0 Å². The number of hydrogen-bond acceptors (Lipinski definition) is 4. The predicted octanol–water partition coefficient (Wildman–Crippen LogP) is 2.02. The molecule has 1 aromatic heterocycles. The van der Waals surface area contributed by atoms with Crippen LogP contribution in [0.25, 0.3) is 0 Å². The molecule has 0 fully saturated rings.